The maximum Gasteiger partial charge on any atom is 0.105 e. The second-order valence-electron chi connectivity index (χ2n) is 5.49. The lowest BCUT2D eigenvalue weighted by atomic mass is 9.85. The first-order valence-electron chi connectivity index (χ1n) is 6.85. The van der Waals surface area contributed by atoms with E-state index in [4.69, 9.17) is 0 Å². The van der Waals surface area contributed by atoms with Crippen LogP contribution in [0, 0.1) is 38.2 Å². The van der Waals surface area contributed by atoms with Gasteiger partial charge in [0.1, 0.15) is 6.10 Å². The van der Waals surface area contributed by atoms with Crippen molar-refractivity contribution in [3.8, 4) is 0 Å². The Labute approximate surface area is 135 Å². The van der Waals surface area contributed by atoms with Crippen LogP contribution < -0.4 is 0 Å². The molecule has 2 aromatic rings. The number of halogens is 1. The van der Waals surface area contributed by atoms with Gasteiger partial charge in [0.2, 0.25) is 0 Å². The molecule has 0 saturated carbocycles. The van der Waals surface area contributed by atoms with Crippen molar-refractivity contribution in [2.45, 2.75) is 40.7 Å². The monoisotopic (exact) mass is 380 g/mol. The number of rotatable bonds is 2. The molecule has 1 unspecified atom stereocenters. The van der Waals surface area contributed by atoms with Crippen molar-refractivity contribution in [2.75, 3.05) is 0 Å². The van der Waals surface area contributed by atoms with Crippen LogP contribution >= 0.6 is 22.6 Å². The normalized spacial score (nSPS) is 12.6. The lowest BCUT2D eigenvalue weighted by Gasteiger charge is -2.22. The molecule has 106 valence electrons. The van der Waals surface area contributed by atoms with E-state index in [0.717, 1.165) is 11.1 Å². The van der Waals surface area contributed by atoms with E-state index < -0.39 is 6.10 Å². The standard InChI is InChI=1S/C18H21IO/c1-10-11(2)13(4)17(14(5)12(10)3)18(20)15-6-8-16(19)9-7-15/h6-9,18,20H,1-5H3. The zero-order valence-corrected chi connectivity index (χ0v) is 14.9. The minimum atomic E-state index is -0.551. The second kappa shape index (κ2) is 5.86. The first kappa shape index (κ1) is 15.5. The minimum absolute atomic E-state index is 0.551. The number of hydrogen-bond acceptors (Lipinski definition) is 1. The fourth-order valence-corrected chi connectivity index (χ4v) is 3.11. The third-order valence-electron chi connectivity index (χ3n) is 4.52. The molecule has 1 N–H and O–H groups in total. The Balaban J connectivity index is 2.60. The lowest BCUT2D eigenvalue weighted by Crippen LogP contribution is -2.09. The predicted octanol–water partition coefficient (Wildman–Crippen LogP) is 4.92. The fourth-order valence-electron chi connectivity index (χ4n) is 2.75. The lowest BCUT2D eigenvalue weighted by molar-refractivity contribution is 0.218. The van der Waals surface area contributed by atoms with Gasteiger partial charge in [0.05, 0.1) is 0 Å². The summed E-state index contributed by atoms with van der Waals surface area (Å²) in [6.07, 6.45) is -0.551. The third-order valence-corrected chi connectivity index (χ3v) is 5.24. The van der Waals surface area contributed by atoms with Gasteiger partial charge in [-0.2, -0.15) is 0 Å². The molecule has 0 amide bonds. The molecule has 0 bridgehead atoms. The molecule has 2 aromatic carbocycles. The molecular formula is C18H21IO. The van der Waals surface area contributed by atoms with Crippen LogP contribution in [0.15, 0.2) is 24.3 Å². The summed E-state index contributed by atoms with van der Waals surface area (Å²) >= 11 is 2.28. The molecule has 0 aromatic heterocycles. The molecular weight excluding hydrogens is 359 g/mol. The molecule has 0 saturated heterocycles. The van der Waals surface area contributed by atoms with Crippen LogP contribution in [0.4, 0.5) is 0 Å². The van der Waals surface area contributed by atoms with Crippen LogP contribution in [0.3, 0.4) is 0 Å². The van der Waals surface area contributed by atoms with Gasteiger partial charge in [0.15, 0.2) is 0 Å². The maximum absolute atomic E-state index is 10.8. The van der Waals surface area contributed by atoms with Crippen LogP contribution in [0.1, 0.15) is 45.0 Å². The molecule has 2 heteroatoms. The summed E-state index contributed by atoms with van der Waals surface area (Å²) in [6.45, 7) is 10.7. The number of hydrogen-bond donors (Lipinski definition) is 1. The first-order valence-corrected chi connectivity index (χ1v) is 7.92. The summed E-state index contributed by atoms with van der Waals surface area (Å²) in [5.74, 6) is 0. The molecule has 0 fully saturated rings. The van der Waals surface area contributed by atoms with Crippen LogP contribution in [0.5, 0.6) is 0 Å². The van der Waals surface area contributed by atoms with Gasteiger partial charge < -0.3 is 5.11 Å². The number of aliphatic hydroxyl groups is 1. The zero-order valence-electron chi connectivity index (χ0n) is 12.7. The van der Waals surface area contributed by atoms with Crippen molar-refractivity contribution in [2.24, 2.45) is 0 Å². The van der Waals surface area contributed by atoms with Crippen LogP contribution in [-0.2, 0) is 0 Å². The van der Waals surface area contributed by atoms with Gasteiger partial charge in [0.25, 0.3) is 0 Å². The van der Waals surface area contributed by atoms with E-state index in [-0.39, 0.29) is 0 Å². The third kappa shape index (κ3) is 2.63. The van der Waals surface area contributed by atoms with Crippen LogP contribution in [-0.4, -0.2) is 5.11 Å². The summed E-state index contributed by atoms with van der Waals surface area (Å²) in [6, 6.07) is 8.10. The fraction of sp³-hybridized carbons (Fsp3) is 0.333. The average Bonchev–Trinajstić information content (AvgIpc) is 2.44. The smallest absolute Gasteiger partial charge is 0.105 e. The Morgan fingerprint density at radius 2 is 1.15 bits per heavy atom. The van der Waals surface area contributed by atoms with E-state index >= 15 is 0 Å². The largest absolute Gasteiger partial charge is 0.384 e. The Bertz CT molecular complexity index is 612. The highest BCUT2D eigenvalue weighted by Gasteiger charge is 2.19. The summed E-state index contributed by atoms with van der Waals surface area (Å²) in [5, 5.41) is 10.8. The number of benzene rings is 2. The van der Waals surface area contributed by atoms with Crippen molar-refractivity contribution in [3.05, 3.63) is 66.8 Å². The Hall–Kier alpha value is -0.870. The molecule has 0 radical (unpaired) electrons. The van der Waals surface area contributed by atoms with Crippen molar-refractivity contribution in [1.29, 1.82) is 0 Å². The van der Waals surface area contributed by atoms with Crippen LogP contribution in [0.2, 0.25) is 0 Å². The number of aliphatic hydroxyl groups excluding tert-OH is 1. The summed E-state index contributed by atoms with van der Waals surface area (Å²) in [5.41, 5.74) is 8.33. The summed E-state index contributed by atoms with van der Waals surface area (Å²) in [7, 11) is 0. The zero-order chi connectivity index (χ0) is 15.0. The molecule has 0 aliphatic heterocycles. The van der Waals surface area contributed by atoms with Gasteiger partial charge in [-0.15, -0.1) is 0 Å². The van der Waals surface area contributed by atoms with E-state index in [9.17, 15) is 5.11 Å². The SMILES string of the molecule is Cc1c(C)c(C)c(C(O)c2ccc(I)cc2)c(C)c1C. The molecule has 0 aliphatic carbocycles. The van der Waals surface area contributed by atoms with E-state index in [2.05, 4.69) is 57.2 Å². The van der Waals surface area contributed by atoms with Crippen molar-refractivity contribution >= 4 is 22.6 Å². The van der Waals surface area contributed by atoms with Gasteiger partial charge in [0, 0.05) is 3.57 Å². The molecule has 1 nitrogen and oxygen atoms in total. The Morgan fingerprint density at radius 1 is 0.750 bits per heavy atom. The van der Waals surface area contributed by atoms with E-state index in [1.165, 1.54) is 31.4 Å². The highest BCUT2D eigenvalue weighted by molar-refractivity contribution is 14.1. The minimum Gasteiger partial charge on any atom is -0.384 e. The average molecular weight is 380 g/mol. The van der Waals surface area contributed by atoms with Crippen molar-refractivity contribution in [3.63, 3.8) is 0 Å². The molecule has 0 spiro atoms. The first-order chi connectivity index (χ1) is 9.34. The highest BCUT2D eigenvalue weighted by atomic mass is 127. The second-order valence-corrected chi connectivity index (χ2v) is 6.74. The van der Waals surface area contributed by atoms with Crippen molar-refractivity contribution in [1.82, 2.24) is 0 Å². The van der Waals surface area contributed by atoms with E-state index in [1.54, 1.807) is 0 Å². The predicted molar refractivity (Wildman–Crippen MR) is 93.3 cm³/mol. The van der Waals surface area contributed by atoms with Gasteiger partial charge in [-0.1, -0.05) is 12.1 Å². The molecule has 0 aliphatic rings. The highest BCUT2D eigenvalue weighted by Crippen LogP contribution is 2.33. The molecule has 1 atom stereocenters. The van der Waals surface area contributed by atoms with E-state index in [1.807, 2.05) is 24.3 Å². The van der Waals surface area contributed by atoms with Gasteiger partial charge in [-0.3, -0.25) is 0 Å². The van der Waals surface area contributed by atoms with Gasteiger partial charge in [-0.05, 0) is 108 Å². The maximum atomic E-state index is 10.8. The Morgan fingerprint density at radius 3 is 1.60 bits per heavy atom. The van der Waals surface area contributed by atoms with Crippen LogP contribution in [0.25, 0.3) is 0 Å². The topological polar surface area (TPSA) is 20.2 Å². The van der Waals surface area contributed by atoms with Gasteiger partial charge >= 0.3 is 0 Å². The quantitative estimate of drug-likeness (QED) is 0.734. The Kier molecular flexibility index (Phi) is 4.55. The molecule has 2 rings (SSSR count). The summed E-state index contributed by atoms with van der Waals surface area (Å²) in [4.78, 5) is 0. The van der Waals surface area contributed by atoms with E-state index in [0.29, 0.717) is 0 Å². The van der Waals surface area contributed by atoms with Crippen molar-refractivity contribution < 1.29 is 5.11 Å². The molecule has 20 heavy (non-hydrogen) atoms. The molecule has 0 heterocycles. The summed E-state index contributed by atoms with van der Waals surface area (Å²) < 4.78 is 1.18. The van der Waals surface area contributed by atoms with Gasteiger partial charge in [-0.25, -0.2) is 0 Å².